The van der Waals surface area contributed by atoms with E-state index in [2.05, 4.69) is 142 Å². The predicted molar refractivity (Wildman–Crippen MR) is 306 cm³/mol. The molecule has 0 bridgehead atoms. The van der Waals surface area contributed by atoms with E-state index in [9.17, 15) is 14.4 Å². The van der Waals surface area contributed by atoms with Crippen molar-refractivity contribution in [3.8, 4) is 0 Å². The molecule has 0 aliphatic rings. The monoisotopic (exact) mass is 983 g/mol. The zero-order valence-electron chi connectivity index (χ0n) is 45.9. The fraction of sp³-hybridized carbons (Fsp3) is 0.646. The van der Waals surface area contributed by atoms with Crippen LogP contribution >= 0.6 is 0 Å². The number of carbonyl (C=O) groups excluding carboxylic acids is 3. The Morgan fingerprint density at radius 3 is 0.873 bits per heavy atom. The molecule has 1 atom stereocenters. The lowest BCUT2D eigenvalue weighted by atomic mass is 10.1. The van der Waals surface area contributed by atoms with Crippen LogP contribution in [0.4, 0.5) is 0 Å². The molecule has 0 aliphatic carbocycles. The van der Waals surface area contributed by atoms with Crippen LogP contribution in [-0.4, -0.2) is 37.2 Å². The molecule has 6 heteroatoms. The second-order valence-electron chi connectivity index (χ2n) is 18.8. The molecule has 0 saturated carbocycles. The number of hydrogen-bond donors (Lipinski definition) is 0. The van der Waals surface area contributed by atoms with E-state index in [1.807, 2.05) is 0 Å². The fourth-order valence-electron chi connectivity index (χ4n) is 7.63. The largest absolute Gasteiger partial charge is 0.462 e. The molecule has 0 N–H and O–H groups in total. The maximum atomic E-state index is 12.9. The Labute approximate surface area is 437 Å². The number of esters is 3. The third kappa shape index (κ3) is 56.6. The van der Waals surface area contributed by atoms with Crippen LogP contribution in [0.25, 0.3) is 0 Å². The summed E-state index contributed by atoms with van der Waals surface area (Å²) in [6.45, 7) is 6.35. The van der Waals surface area contributed by atoms with Gasteiger partial charge in [-0.05, 0) is 128 Å². The van der Waals surface area contributed by atoms with E-state index in [0.717, 1.165) is 148 Å². The van der Waals surface area contributed by atoms with E-state index in [0.29, 0.717) is 19.3 Å². The van der Waals surface area contributed by atoms with Crippen LogP contribution in [-0.2, 0) is 28.6 Å². The molecule has 0 fully saturated rings. The van der Waals surface area contributed by atoms with Crippen LogP contribution in [0, 0.1) is 0 Å². The summed E-state index contributed by atoms with van der Waals surface area (Å²) in [5, 5.41) is 0. The van der Waals surface area contributed by atoms with Gasteiger partial charge in [-0.3, -0.25) is 14.4 Å². The van der Waals surface area contributed by atoms with Crippen molar-refractivity contribution in [1.29, 1.82) is 0 Å². The first-order chi connectivity index (χ1) is 35.0. The molecule has 0 amide bonds. The van der Waals surface area contributed by atoms with Crippen LogP contribution in [0.5, 0.6) is 0 Å². The third-order valence-corrected chi connectivity index (χ3v) is 11.9. The van der Waals surface area contributed by atoms with Crippen molar-refractivity contribution in [1.82, 2.24) is 0 Å². The van der Waals surface area contributed by atoms with Crippen molar-refractivity contribution in [3.63, 3.8) is 0 Å². The summed E-state index contributed by atoms with van der Waals surface area (Å²) in [7, 11) is 0. The van der Waals surface area contributed by atoms with Crippen molar-refractivity contribution >= 4 is 17.9 Å². The topological polar surface area (TPSA) is 78.9 Å². The van der Waals surface area contributed by atoms with Crippen LogP contribution in [0.15, 0.2) is 122 Å². The highest BCUT2D eigenvalue weighted by molar-refractivity contribution is 5.71. The van der Waals surface area contributed by atoms with Gasteiger partial charge in [0.2, 0.25) is 0 Å². The molecule has 0 spiro atoms. The molecule has 71 heavy (non-hydrogen) atoms. The zero-order chi connectivity index (χ0) is 51.4. The van der Waals surface area contributed by atoms with Gasteiger partial charge in [-0.25, -0.2) is 0 Å². The van der Waals surface area contributed by atoms with Crippen LogP contribution in [0.1, 0.15) is 252 Å². The number of unbranched alkanes of at least 4 members (excludes halogenated alkanes) is 20. The first-order valence-electron chi connectivity index (χ1n) is 29.0. The Bertz CT molecular complexity index is 1500. The second-order valence-corrected chi connectivity index (χ2v) is 18.8. The Hall–Kier alpha value is -4.19. The molecule has 6 nitrogen and oxygen atoms in total. The number of carbonyl (C=O) groups is 3. The molecule has 0 aromatic carbocycles. The summed E-state index contributed by atoms with van der Waals surface area (Å²) < 4.78 is 16.8. The minimum absolute atomic E-state index is 0.103. The van der Waals surface area contributed by atoms with E-state index < -0.39 is 6.10 Å². The lowest BCUT2D eigenvalue weighted by Crippen LogP contribution is -2.30. The van der Waals surface area contributed by atoms with Gasteiger partial charge in [0, 0.05) is 19.3 Å². The second kappa shape index (κ2) is 58.4. The molecule has 402 valence electrons. The lowest BCUT2D eigenvalue weighted by Gasteiger charge is -2.18. The number of allylic oxidation sites excluding steroid dienone is 20. The minimum atomic E-state index is -0.808. The van der Waals surface area contributed by atoms with Crippen molar-refractivity contribution in [3.05, 3.63) is 122 Å². The average Bonchev–Trinajstić information content (AvgIpc) is 3.37. The van der Waals surface area contributed by atoms with Crippen LogP contribution in [0.2, 0.25) is 0 Å². The Morgan fingerprint density at radius 2 is 0.549 bits per heavy atom. The molecule has 0 saturated heterocycles. The summed E-state index contributed by atoms with van der Waals surface area (Å²) >= 11 is 0. The van der Waals surface area contributed by atoms with Gasteiger partial charge in [0.15, 0.2) is 6.10 Å². The molecule has 0 radical (unpaired) electrons. The van der Waals surface area contributed by atoms with E-state index in [-0.39, 0.29) is 31.1 Å². The molecule has 0 aliphatic heterocycles. The molecule has 1 unspecified atom stereocenters. The minimum Gasteiger partial charge on any atom is -0.462 e. The SMILES string of the molecule is CC/C=C\C/C=C\C/C=C\C/C=C\CCCCCCCCC(=O)OC(COC(=O)CCCCC/C=C\C/C=C\C/C=C\CC)COC(=O)CCCCCCCC/C=C\C/C=C\C/C=C\CCCCCCC. The molecule has 0 aromatic rings. The summed E-state index contributed by atoms with van der Waals surface area (Å²) in [5.41, 5.74) is 0. The summed E-state index contributed by atoms with van der Waals surface area (Å²) in [5.74, 6) is -0.961. The van der Waals surface area contributed by atoms with Crippen molar-refractivity contribution < 1.29 is 28.6 Å². The van der Waals surface area contributed by atoms with Gasteiger partial charge in [-0.15, -0.1) is 0 Å². The molecule has 0 rings (SSSR count). The predicted octanol–water partition coefficient (Wildman–Crippen LogP) is 19.6. The zero-order valence-corrected chi connectivity index (χ0v) is 45.9. The molecule has 0 heterocycles. The summed E-state index contributed by atoms with van der Waals surface area (Å²) in [4.78, 5) is 38.2. The molecular formula is C65H106O6. The van der Waals surface area contributed by atoms with E-state index in [1.165, 1.54) is 64.2 Å². The normalized spacial score (nSPS) is 13.0. The number of rotatable bonds is 51. The van der Waals surface area contributed by atoms with Crippen molar-refractivity contribution in [2.45, 2.75) is 258 Å². The highest BCUT2D eigenvalue weighted by Crippen LogP contribution is 2.14. The van der Waals surface area contributed by atoms with E-state index >= 15 is 0 Å². The maximum Gasteiger partial charge on any atom is 0.306 e. The fourth-order valence-corrected chi connectivity index (χ4v) is 7.63. The Kier molecular flexibility index (Phi) is 54.9. The van der Waals surface area contributed by atoms with Crippen molar-refractivity contribution in [2.75, 3.05) is 13.2 Å². The van der Waals surface area contributed by atoms with Gasteiger partial charge in [-0.2, -0.15) is 0 Å². The lowest BCUT2D eigenvalue weighted by molar-refractivity contribution is -0.167. The summed E-state index contributed by atoms with van der Waals surface area (Å²) in [6, 6.07) is 0. The van der Waals surface area contributed by atoms with Gasteiger partial charge in [0.25, 0.3) is 0 Å². The number of hydrogen-bond acceptors (Lipinski definition) is 6. The highest BCUT2D eigenvalue weighted by Gasteiger charge is 2.19. The average molecular weight is 984 g/mol. The van der Waals surface area contributed by atoms with Gasteiger partial charge >= 0.3 is 17.9 Å². The standard InChI is InChI=1S/C65H106O6/c1-4-7-10-13-16-19-22-25-27-29-31-32-34-35-37-40-43-46-49-52-55-58-64(67)70-61-62(60-69-63(66)57-54-51-48-45-42-39-24-21-18-15-12-9-6-3)71-65(68)59-56-53-50-47-44-41-38-36-33-30-28-26-23-20-17-14-11-8-5-2/h8-9,11-12,17-18,20-22,25-26,28-29,31,33-36,39,42,62H,4-7,10,13-16,19,23-24,27,30,32,37-38,40-41,43-61H2,1-3H3/b11-8-,12-9-,20-17-,21-18-,25-22-,28-26-,31-29-,35-34-,36-33-,42-39-. The van der Waals surface area contributed by atoms with E-state index in [4.69, 9.17) is 14.2 Å². The highest BCUT2D eigenvalue weighted by atomic mass is 16.6. The quantitative estimate of drug-likeness (QED) is 0.0261. The van der Waals surface area contributed by atoms with Gasteiger partial charge in [0.1, 0.15) is 13.2 Å². The van der Waals surface area contributed by atoms with Crippen molar-refractivity contribution in [2.24, 2.45) is 0 Å². The van der Waals surface area contributed by atoms with Gasteiger partial charge in [0.05, 0.1) is 0 Å². The van der Waals surface area contributed by atoms with Crippen LogP contribution < -0.4 is 0 Å². The first kappa shape index (κ1) is 66.8. The smallest absolute Gasteiger partial charge is 0.306 e. The first-order valence-corrected chi connectivity index (χ1v) is 29.0. The van der Waals surface area contributed by atoms with Gasteiger partial charge < -0.3 is 14.2 Å². The third-order valence-electron chi connectivity index (χ3n) is 11.9. The molecular weight excluding hydrogens is 877 g/mol. The summed E-state index contributed by atoms with van der Waals surface area (Å²) in [6.07, 6.45) is 80.5. The Morgan fingerprint density at radius 1 is 0.296 bits per heavy atom. The molecule has 0 aromatic heterocycles. The Balaban J connectivity index is 4.46. The van der Waals surface area contributed by atoms with Crippen LogP contribution in [0.3, 0.4) is 0 Å². The van der Waals surface area contributed by atoms with Gasteiger partial charge in [-0.1, -0.05) is 226 Å². The van der Waals surface area contributed by atoms with E-state index in [1.54, 1.807) is 0 Å². The number of ether oxygens (including phenoxy) is 3. The maximum absolute atomic E-state index is 12.9.